The van der Waals surface area contributed by atoms with E-state index in [0.29, 0.717) is 16.8 Å². The second-order valence-corrected chi connectivity index (χ2v) is 4.09. The summed E-state index contributed by atoms with van der Waals surface area (Å²) < 4.78 is 0. The zero-order valence-electron chi connectivity index (χ0n) is 11.0. The molecule has 2 rings (SSSR count). The Balaban J connectivity index is 1.85. The van der Waals surface area contributed by atoms with Crippen molar-refractivity contribution >= 4 is 17.6 Å². The molecule has 6 heteroatoms. The van der Waals surface area contributed by atoms with Gasteiger partial charge in [-0.3, -0.25) is 10.2 Å². The highest BCUT2D eigenvalue weighted by molar-refractivity contribution is 5.97. The van der Waals surface area contributed by atoms with Crippen LogP contribution in [0.2, 0.25) is 0 Å². The number of nitrogens with one attached hydrogen (secondary N) is 3. The maximum atomic E-state index is 11.7. The highest BCUT2D eigenvalue weighted by atomic mass is 16.2. The summed E-state index contributed by atoms with van der Waals surface area (Å²) in [4.78, 5) is 23.3. The lowest BCUT2D eigenvalue weighted by molar-refractivity contribution is 0.0938. The SMILES string of the molecule is N#Cc1ccc(NC(=O)NNC(=O)c2ccccc2)cc1. The minimum Gasteiger partial charge on any atom is -0.307 e. The first kappa shape index (κ1) is 14.1. The monoisotopic (exact) mass is 280 g/mol. The number of carbonyl (C=O) groups is 2. The zero-order chi connectivity index (χ0) is 15.1. The number of hydrogen-bond donors (Lipinski definition) is 3. The Morgan fingerprint density at radius 3 is 2.19 bits per heavy atom. The minimum absolute atomic E-state index is 0.412. The summed E-state index contributed by atoms with van der Waals surface area (Å²) in [5.41, 5.74) is 5.99. The van der Waals surface area contributed by atoms with Gasteiger partial charge in [0.05, 0.1) is 11.6 Å². The van der Waals surface area contributed by atoms with Crippen molar-refractivity contribution in [3.05, 3.63) is 65.7 Å². The van der Waals surface area contributed by atoms with Crippen molar-refractivity contribution in [2.45, 2.75) is 0 Å². The lowest BCUT2D eigenvalue weighted by Crippen LogP contribution is -2.43. The van der Waals surface area contributed by atoms with Gasteiger partial charge in [0.15, 0.2) is 0 Å². The van der Waals surface area contributed by atoms with Crippen LogP contribution in [0, 0.1) is 11.3 Å². The summed E-state index contributed by atoms with van der Waals surface area (Å²) in [5.74, 6) is -0.412. The van der Waals surface area contributed by atoms with Gasteiger partial charge >= 0.3 is 6.03 Å². The average molecular weight is 280 g/mol. The highest BCUT2D eigenvalue weighted by Gasteiger charge is 2.06. The molecule has 0 heterocycles. The van der Waals surface area contributed by atoms with Gasteiger partial charge in [0.2, 0.25) is 0 Å². The van der Waals surface area contributed by atoms with Gasteiger partial charge in [-0.05, 0) is 36.4 Å². The number of urea groups is 1. The predicted molar refractivity (Wildman–Crippen MR) is 77.2 cm³/mol. The van der Waals surface area contributed by atoms with Gasteiger partial charge in [-0.2, -0.15) is 5.26 Å². The maximum Gasteiger partial charge on any atom is 0.337 e. The van der Waals surface area contributed by atoms with Crippen molar-refractivity contribution in [1.29, 1.82) is 5.26 Å². The van der Waals surface area contributed by atoms with Crippen LogP contribution in [0.4, 0.5) is 10.5 Å². The third kappa shape index (κ3) is 4.08. The Kier molecular flexibility index (Phi) is 4.51. The molecule has 0 fully saturated rings. The van der Waals surface area contributed by atoms with E-state index < -0.39 is 11.9 Å². The first-order chi connectivity index (χ1) is 10.2. The van der Waals surface area contributed by atoms with Crippen LogP contribution in [0.5, 0.6) is 0 Å². The number of anilines is 1. The molecule has 104 valence electrons. The number of benzene rings is 2. The summed E-state index contributed by atoms with van der Waals surface area (Å²) in [6, 6.07) is 16.3. The first-order valence-corrected chi connectivity index (χ1v) is 6.11. The normalized spacial score (nSPS) is 9.29. The molecule has 0 aliphatic heterocycles. The molecular formula is C15H12N4O2. The molecule has 0 unspecified atom stereocenters. The molecule has 0 aromatic heterocycles. The fourth-order valence-corrected chi connectivity index (χ4v) is 1.57. The van der Waals surface area contributed by atoms with Gasteiger partial charge in [0, 0.05) is 11.3 Å². The number of amides is 3. The van der Waals surface area contributed by atoms with Crippen LogP contribution in [-0.2, 0) is 0 Å². The van der Waals surface area contributed by atoms with Crippen LogP contribution in [0.3, 0.4) is 0 Å². The van der Waals surface area contributed by atoms with Crippen molar-refractivity contribution in [2.24, 2.45) is 0 Å². The molecule has 0 saturated carbocycles. The lowest BCUT2D eigenvalue weighted by Gasteiger charge is -2.09. The molecule has 0 aliphatic carbocycles. The third-order valence-electron chi connectivity index (χ3n) is 2.60. The maximum absolute atomic E-state index is 11.7. The molecule has 21 heavy (non-hydrogen) atoms. The van der Waals surface area contributed by atoms with E-state index in [-0.39, 0.29) is 0 Å². The van der Waals surface area contributed by atoms with Crippen molar-refractivity contribution in [3.63, 3.8) is 0 Å². The van der Waals surface area contributed by atoms with E-state index in [2.05, 4.69) is 16.2 Å². The molecule has 3 N–H and O–H groups in total. The predicted octanol–water partition coefficient (Wildman–Crippen LogP) is 2.02. The van der Waals surface area contributed by atoms with Gasteiger partial charge in [-0.15, -0.1) is 0 Å². The van der Waals surface area contributed by atoms with Gasteiger partial charge in [-0.1, -0.05) is 18.2 Å². The van der Waals surface area contributed by atoms with E-state index in [1.54, 1.807) is 54.6 Å². The molecule has 0 spiro atoms. The smallest absolute Gasteiger partial charge is 0.307 e. The summed E-state index contributed by atoms with van der Waals surface area (Å²) in [6.45, 7) is 0. The van der Waals surface area contributed by atoms with Crippen LogP contribution in [-0.4, -0.2) is 11.9 Å². The number of hydrazine groups is 1. The molecule has 0 atom stereocenters. The molecule has 0 radical (unpaired) electrons. The molecule has 3 amide bonds. The van der Waals surface area contributed by atoms with Gasteiger partial charge in [0.25, 0.3) is 5.91 Å². The van der Waals surface area contributed by atoms with Gasteiger partial charge in [-0.25, -0.2) is 10.2 Å². The second kappa shape index (κ2) is 6.73. The summed E-state index contributed by atoms with van der Waals surface area (Å²) in [7, 11) is 0. The quantitative estimate of drug-likeness (QED) is 0.734. The van der Waals surface area contributed by atoms with Crippen molar-refractivity contribution < 1.29 is 9.59 Å². The van der Waals surface area contributed by atoms with E-state index in [1.807, 2.05) is 6.07 Å². The van der Waals surface area contributed by atoms with E-state index in [0.717, 1.165) is 0 Å². The molecule has 2 aromatic rings. The molecule has 2 aromatic carbocycles. The Bertz CT molecular complexity index is 675. The largest absolute Gasteiger partial charge is 0.337 e. The van der Waals surface area contributed by atoms with E-state index in [1.165, 1.54) is 0 Å². The van der Waals surface area contributed by atoms with Crippen molar-refractivity contribution in [1.82, 2.24) is 10.9 Å². The fourth-order valence-electron chi connectivity index (χ4n) is 1.57. The Hall–Kier alpha value is -3.33. The Labute approximate surface area is 121 Å². The first-order valence-electron chi connectivity index (χ1n) is 6.11. The number of nitrogens with zero attached hydrogens (tertiary/aromatic N) is 1. The van der Waals surface area contributed by atoms with Crippen molar-refractivity contribution in [2.75, 3.05) is 5.32 Å². The molecule has 0 saturated heterocycles. The van der Waals surface area contributed by atoms with E-state index >= 15 is 0 Å². The zero-order valence-corrected chi connectivity index (χ0v) is 11.0. The average Bonchev–Trinajstić information content (AvgIpc) is 2.54. The minimum atomic E-state index is -0.580. The lowest BCUT2D eigenvalue weighted by atomic mass is 10.2. The van der Waals surface area contributed by atoms with Crippen LogP contribution in [0.1, 0.15) is 15.9 Å². The van der Waals surface area contributed by atoms with Crippen molar-refractivity contribution in [3.8, 4) is 6.07 Å². The van der Waals surface area contributed by atoms with Crippen LogP contribution < -0.4 is 16.2 Å². The molecule has 0 aliphatic rings. The number of rotatable bonds is 2. The van der Waals surface area contributed by atoms with Crippen LogP contribution in [0.15, 0.2) is 54.6 Å². The topological polar surface area (TPSA) is 94.0 Å². The summed E-state index contributed by atoms with van der Waals surface area (Å²) in [6.07, 6.45) is 0. The third-order valence-corrected chi connectivity index (χ3v) is 2.60. The van der Waals surface area contributed by atoms with Gasteiger partial charge in [0.1, 0.15) is 0 Å². The van der Waals surface area contributed by atoms with E-state index in [4.69, 9.17) is 5.26 Å². The Morgan fingerprint density at radius 2 is 1.57 bits per heavy atom. The van der Waals surface area contributed by atoms with Crippen LogP contribution >= 0.6 is 0 Å². The molecular weight excluding hydrogens is 268 g/mol. The number of carbonyl (C=O) groups excluding carboxylic acids is 2. The summed E-state index contributed by atoms with van der Waals surface area (Å²) in [5, 5.41) is 11.2. The van der Waals surface area contributed by atoms with Crippen LogP contribution in [0.25, 0.3) is 0 Å². The standard InChI is InChI=1S/C15H12N4O2/c16-10-11-6-8-13(9-7-11)17-15(21)19-18-14(20)12-4-2-1-3-5-12/h1-9H,(H,18,20)(H2,17,19,21). The second-order valence-electron chi connectivity index (χ2n) is 4.09. The fraction of sp³-hybridized carbons (Fsp3) is 0. The summed E-state index contributed by atoms with van der Waals surface area (Å²) >= 11 is 0. The Morgan fingerprint density at radius 1 is 0.905 bits per heavy atom. The van der Waals surface area contributed by atoms with Gasteiger partial charge < -0.3 is 5.32 Å². The number of hydrogen-bond acceptors (Lipinski definition) is 3. The van der Waals surface area contributed by atoms with E-state index in [9.17, 15) is 9.59 Å². The number of nitriles is 1. The molecule has 6 nitrogen and oxygen atoms in total. The highest BCUT2D eigenvalue weighted by Crippen LogP contribution is 2.08. The molecule has 0 bridgehead atoms.